The van der Waals surface area contributed by atoms with Crippen LogP contribution in [-0.2, 0) is 11.3 Å². The van der Waals surface area contributed by atoms with Gasteiger partial charge in [-0.25, -0.2) is 4.39 Å². The van der Waals surface area contributed by atoms with Crippen molar-refractivity contribution < 1.29 is 13.9 Å². The van der Waals surface area contributed by atoms with Crippen molar-refractivity contribution in [3.63, 3.8) is 0 Å². The second-order valence-electron chi connectivity index (χ2n) is 4.93. The number of fused-ring (bicyclic) bond motifs is 1. The summed E-state index contributed by atoms with van der Waals surface area (Å²) in [5, 5.41) is 0. The van der Waals surface area contributed by atoms with Gasteiger partial charge in [-0.15, -0.1) is 0 Å². The molecule has 5 heteroatoms. The largest absolute Gasteiger partial charge is 0.479 e. The Morgan fingerprint density at radius 1 is 1.29 bits per heavy atom. The fourth-order valence-corrected chi connectivity index (χ4v) is 2.92. The predicted molar refractivity (Wildman–Crippen MR) is 81.8 cm³/mol. The number of benzene rings is 2. The Labute approximate surface area is 130 Å². The van der Waals surface area contributed by atoms with E-state index in [1.54, 1.807) is 17.9 Å². The van der Waals surface area contributed by atoms with Gasteiger partial charge >= 0.3 is 0 Å². The first-order valence-electron chi connectivity index (χ1n) is 6.56. The monoisotopic (exact) mass is 349 g/mol. The number of ether oxygens (including phenoxy) is 1. The van der Waals surface area contributed by atoms with Gasteiger partial charge in [0.15, 0.2) is 6.10 Å². The van der Waals surface area contributed by atoms with Gasteiger partial charge in [-0.2, -0.15) is 0 Å². The number of rotatable bonds is 2. The zero-order valence-electron chi connectivity index (χ0n) is 11.3. The van der Waals surface area contributed by atoms with Gasteiger partial charge in [0.1, 0.15) is 11.6 Å². The molecule has 0 aromatic heterocycles. The van der Waals surface area contributed by atoms with Crippen molar-refractivity contribution in [2.75, 3.05) is 4.90 Å². The summed E-state index contributed by atoms with van der Waals surface area (Å²) < 4.78 is 19.7. The number of hydrogen-bond donors (Lipinski definition) is 0. The molecule has 1 aliphatic heterocycles. The fourth-order valence-electron chi connectivity index (χ4n) is 2.41. The summed E-state index contributed by atoms with van der Waals surface area (Å²) in [5.41, 5.74) is 1.43. The molecule has 2 aromatic carbocycles. The van der Waals surface area contributed by atoms with E-state index in [9.17, 15) is 9.18 Å². The number of hydrogen-bond acceptors (Lipinski definition) is 2. The standard InChI is InChI=1S/C16H13BrFNO2/c1-10-16(20)19(14-4-2-3-5-15(14)21-10)9-11-6-12(17)8-13(18)7-11/h2-8,10H,9H2,1H3. The quantitative estimate of drug-likeness (QED) is 0.822. The topological polar surface area (TPSA) is 29.5 Å². The Morgan fingerprint density at radius 2 is 2.05 bits per heavy atom. The van der Waals surface area contributed by atoms with Crippen LogP contribution in [0.25, 0.3) is 0 Å². The Bertz CT molecular complexity index is 684. The number of para-hydroxylation sites is 2. The summed E-state index contributed by atoms with van der Waals surface area (Å²) in [7, 11) is 0. The maximum Gasteiger partial charge on any atom is 0.268 e. The Hall–Kier alpha value is -1.88. The van der Waals surface area contributed by atoms with Crippen molar-refractivity contribution in [1.82, 2.24) is 0 Å². The lowest BCUT2D eigenvalue weighted by molar-refractivity contribution is -0.125. The van der Waals surface area contributed by atoms with E-state index in [4.69, 9.17) is 4.74 Å². The van der Waals surface area contributed by atoms with Crippen LogP contribution in [0.4, 0.5) is 10.1 Å². The minimum atomic E-state index is -0.545. The fraction of sp³-hybridized carbons (Fsp3) is 0.188. The number of carbonyl (C=O) groups is 1. The molecule has 1 heterocycles. The molecule has 2 aromatic rings. The molecular formula is C16H13BrFNO2. The van der Waals surface area contributed by atoms with Crippen molar-refractivity contribution in [3.05, 3.63) is 58.3 Å². The molecule has 1 atom stereocenters. The van der Waals surface area contributed by atoms with Crippen LogP contribution in [0, 0.1) is 5.82 Å². The van der Waals surface area contributed by atoms with Gasteiger partial charge in [-0.05, 0) is 42.8 Å². The van der Waals surface area contributed by atoms with E-state index in [0.717, 1.165) is 5.56 Å². The molecule has 0 radical (unpaired) electrons. The van der Waals surface area contributed by atoms with Crippen LogP contribution < -0.4 is 9.64 Å². The van der Waals surface area contributed by atoms with Gasteiger partial charge in [0, 0.05) is 4.47 Å². The number of amides is 1. The van der Waals surface area contributed by atoms with E-state index >= 15 is 0 Å². The summed E-state index contributed by atoms with van der Waals surface area (Å²) in [4.78, 5) is 14.0. The van der Waals surface area contributed by atoms with E-state index in [-0.39, 0.29) is 11.7 Å². The summed E-state index contributed by atoms with van der Waals surface area (Å²) in [6.07, 6.45) is -0.545. The van der Waals surface area contributed by atoms with E-state index in [1.165, 1.54) is 12.1 Å². The first kappa shape index (κ1) is 14.1. The Balaban J connectivity index is 1.98. The maximum absolute atomic E-state index is 13.5. The van der Waals surface area contributed by atoms with Gasteiger partial charge in [0.2, 0.25) is 0 Å². The summed E-state index contributed by atoms with van der Waals surface area (Å²) in [6, 6.07) is 12.0. The van der Waals surface area contributed by atoms with Crippen molar-refractivity contribution in [3.8, 4) is 5.75 Å². The third-order valence-corrected chi connectivity index (χ3v) is 3.79. The molecule has 0 aliphatic carbocycles. The van der Waals surface area contributed by atoms with Gasteiger partial charge in [-0.3, -0.25) is 4.79 Å². The second kappa shape index (κ2) is 5.48. The Kier molecular flexibility index (Phi) is 3.68. The first-order valence-corrected chi connectivity index (χ1v) is 7.36. The Morgan fingerprint density at radius 3 is 2.81 bits per heavy atom. The smallest absolute Gasteiger partial charge is 0.268 e. The highest BCUT2D eigenvalue weighted by molar-refractivity contribution is 9.10. The molecule has 3 rings (SSSR count). The molecule has 1 unspecified atom stereocenters. The van der Waals surface area contributed by atoms with Crippen molar-refractivity contribution in [2.24, 2.45) is 0 Å². The van der Waals surface area contributed by atoms with Crippen LogP contribution in [0.2, 0.25) is 0 Å². The molecule has 1 aliphatic rings. The van der Waals surface area contributed by atoms with E-state index in [2.05, 4.69) is 15.9 Å². The van der Waals surface area contributed by atoms with E-state index < -0.39 is 6.10 Å². The number of nitrogens with zero attached hydrogens (tertiary/aromatic N) is 1. The van der Waals surface area contributed by atoms with Crippen LogP contribution in [0.5, 0.6) is 5.75 Å². The lowest BCUT2D eigenvalue weighted by Gasteiger charge is -2.33. The molecule has 0 bridgehead atoms. The van der Waals surface area contributed by atoms with E-state index in [1.807, 2.05) is 24.3 Å². The average Bonchev–Trinajstić information content (AvgIpc) is 2.43. The third-order valence-electron chi connectivity index (χ3n) is 3.34. The van der Waals surface area contributed by atoms with E-state index in [0.29, 0.717) is 22.5 Å². The normalized spacial score (nSPS) is 17.4. The van der Waals surface area contributed by atoms with Crippen LogP contribution >= 0.6 is 15.9 Å². The van der Waals surface area contributed by atoms with Crippen LogP contribution in [0.1, 0.15) is 12.5 Å². The third kappa shape index (κ3) is 2.78. The van der Waals surface area contributed by atoms with Crippen LogP contribution in [0.15, 0.2) is 46.9 Å². The lowest BCUT2D eigenvalue weighted by atomic mass is 10.1. The average molecular weight is 350 g/mol. The molecule has 21 heavy (non-hydrogen) atoms. The van der Waals surface area contributed by atoms with Gasteiger partial charge in [0.25, 0.3) is 5.91 Å². The number of carbonyl (C=O) groups excluding carboxylic acids is 1. The number of anilines is 1. The molecule has 1 amide bonds. The minimum absolute atomic E-state index is 0.130. The molecule has 3 nitrogen and oxygen atoms in total. The highest BCUT2D eigenvalue weighted by atomic mass is 79.9. The highest BCUT2D eigenvalue weighted by Crippen LogP contribution is 2.34. The van der Waals surface area contributed by atoms with Gasteiger partial charge in [0.05, 0.1) is 12.2 Å². The lowest BCUT2D eigenvalue weighted by Crippen LogP contribution is -2.43. The zero-order chi connectivity index (χ0) is 15.0. The summed E-state index contributed by atoms with van der Waals surface area (Å²) in [5.74, 6) is 0.204. The van der Waals surface area contributed by atoms with Gasteiger partial charge < -0.3 is 9.64 Å². The van der Waals surface area contributed by atoms with Crippen molar-refractivity contribution in [2.45, 2.75) is 19.6 Å². The van der Waals surface area contributed by atoms with Crippen molar-refractivity contribution >= 4 is 27.5 Å². The van der Waals surface area contributed by atoms with Gasteiger partial charge in [-0.1, -0.05) is 28.1 Å². The molecule has 108 valence electrons. The maximum atomic E-state index is 13.5. The molecule has 0 N–H and O–H groups in total. The summed E-state index contributed by atoms with van der Waals surface area (Å²) >= 11 is 3.27. The van der Waals surface area contributed by atoms with Crippen LogP contribution in [-0.4, -0.2) is 12.0 Å². The first-order chi connectivity index (χ1) is 10.0. The molecular weight excluding hydrogens is 337 g/mol. The SMILES string of the molecule is CC1Oc2ccccc2N(Cc2cc(F)cc(Br)c2)C1=O. The van der Waals surface area contributed by atoms with Crippen LogP contribution in [0.3, 0.4) is 0 Å². The minimum Gasteiger partial charge on any atom is -0.479 e. The highest BCUT2D eigenvalue weighted by Gasteiger charge is 2.31. The second-order valence-corrected chi connectivity index (χ2v) is 5.85. The molecule has 0 fully saturated rings. The summed E-state index contributed by atoms with van der Waals surface area (Å²) in [6.45, 7) is 2.02. The molecule has 0 spiro atoms. The number of halogens is 2. The molecule has 0 saturated carbocycles. The predicted octanol–water partition coefficient (Wildman–Crippen LogP) is 3.90. The molecule has 0 saturated heterocycles. The zero-order valence-corrected chi connectivity index (χ0v) is 12.9. The van der Waals surface area contributed by atoms with Crippen molar-refractivity contribution in [1.29, 1.82) is 0 Å².